The Morgan fingerprint density at radius 1 is 1.62 bits per heavy atom. The molecule has 1 N–H and O–H groups in total. The third-order valence-electron chi connectivity index (χ3n) is 3.00. The minimum Gasteiger partial charge on any atom is -0.480 e. The van der Waals surface area contributed by atoms with E-state index in [0.717, 1.165) is 4.90 Å². The summed E-state index contributed by atoms with van der Waals surface area (Å²) in [5.74, 6) is -1.54. The van der Waals surface area contributed by atoms with Crippen LogP contribution in [0.25, 0.3) is 0 Å². The van der Waals surface area contributed by atoms with Crippen LogP contribution in [0, 0.1) is 0 Å². The lowest BCUT2D eigenvalue weighted by Crippen LogP contribution is -2.47. The first-order valence-corrected chi connectivity index (χ1v) is 5.19. The van der Waals surface area contributed by atoms with Crippen molar-refractivity contribution in [3.8, 4) is 0 Å². The fraction of sp³-hybridized carbons (Fsp3) is 0.700. The normalized spacial score (nSPS) is 23.0. The van der Waals surface area contributed by atoms with Crippen LogP contribution in [0.4, 0.5) is 0 Å². The number of likely N-dealkylation sites (tertiary alicyclic amines) is 1. The highest BCUT2D eigenvalue weighted by atomic mass is 16.4. The zero-order valence-electron chi connectivity index (χ0n) is 9.64. The van der Waals surface area contributed by atoms with Gasteiger partial charge in [-0.1, -0.05) is 0 Å². The Kier molecular flexibility index (Phi) is 3.64. The van der Waals surface area contributed by atoms with Crippen LogP contribution in [0.2, 0.25) is 0 Å². The van der Waals surface area contributed by atoms with Crippen LogP contribution < -0.4 is 0 Å². The summed E-state index contributed by atoms with van der Waals surface area (Å²) >= 11 is 0. The first-order chi connectivity index (χ1) is 7.40. The van der Waals surface area contributed by atoms with Crippen LogP contribution in [-0.2, 0) is 14.4 Å². The number of carboxylic acids is 1. The number of carbonyl (C=O) groups is 3. The molecule has 1 saturated heterocycles. The van der Waals surface area contributed by atoms with Gasteiger partial charge in [0.25, 0.3) is 0 Å². The van der Waals surface area contributed by atoms with E-state index in [2.05, 4.69) is 0 Å². The number of amides is 2. The van der Waals surface area contributed by atoms with Gasteiger partial charge in [-0.25, -0.2) is 0 Å². The molecule has 0 aromatic heterocycles. The SMILES string of the molecule is CCN1C(=O)CC(N(C)C(C)C(=O)O)C1=O. The average Bonchev–Trinajstić information content (AvgIpc) is 2.51. The van der Waals surface area contributed by atoms with Crippen molar-refractivity contribution in [1.29, 1.82) is 0 Å². The summed E-state index contributed by atoms with van der Waals surface area (Å²) in [6.45, 7) is 3.55. The highest BCUT2D eigenvalue weighted by Gasteiger charge is 2.42. The minimum absolute atomic E-state index is 0.0702. The van der Waals surface area contributed by atoms with Crippen LogP contribution in [-0.4, -0.2) is 58.4 Å². The highest BCUT2D eigenvalue weighted by Crippen LogP contribution is 2.19. The van der Waals surface area contributed by atoms with E-state index in [-0.39, 0.29) is 18.2 Å². The molecule has 1 heterocycles. The molecule has 1 fully saturated rings. The third-order valence-corrected chi connectivity index (χ3v) is 3.00. The highest BCUT2D eigenvalue weighted by molar-refractivity contribution is 6.05. The molecular formula is C10H16N2O4. The second-order valence-corrected chi connectivity index (χ2v) is 3.88. The average molecular weight is 228 g/mol. The lowest BCUT2D eigenvalue weighted by atomic mass is 10.1. The molecule has 0 radical (unpaired) electrons. The van der Waals surface area contributed by atoms with E-state index < -0.39 is 18.1 Å². The van der Waals surface area contributed by atoms with Crippen LogP contribution >= 0.6 is 0 Å². The molecule has 6 heteroatoms. The Bertz CT molecular complexity index is 329. The third kappa shape index (κ3) is 2.06. The molecule has 16 heavy (non-hydrogen) atoms. The van der Waals surface area contributed by atoms with Crippen molar-refractivity contribution in [2.75, 3.05) is 13.6 Å². The molecule has 2 atom stereocenters. The van der Waals surface area contributed by atoms with E-state index in [4.69, 9.17) is 5.11 Å². The molecule has 0 spiro atoms. The van der Waals surface area contributed by atoms with Gasteiger partial charge in [-0.3, -0.25) is 24.2 Å². The van der Waals surface area contributed by atoms with Crippen molar-refractivity contribution >= 4 is 17.8 Å². The summed E-state index contributed by atoms with van der Waals surface area (Å²) in [5, 5.41) is 8.84. The van der Waals surface area contributed by atoms with Gasteiger partial charge >= 0.3 is 5.97 Å². The molecule has 1 aliphatic heterocycles. The maximum Gasteiger partial charge on any atom is 0.320 e. The molecule has 0 aromatic rings. The summed E-state index contributed by atoms with van der Waals surface area (Å²) < 4.78 is 0. The topological polar surface area (TPSA) is 77.9 Å². The number of carbonyl (C=O) groups excluding carboxylic acids is 2. The van der Waals surface area contributed by atoms with Gasteiger partial charge in [-0.15, -0.1) is 0 Å². The molecule has 0 saturated carbocycles. The van der Waals surface area contributed by atoms with Gasteiger partial charge in [-0.05, 0) is 20.9 Å². The zero-order chi connectivity index (χ0) is 12.5. The Morgan fingerprint density at radius 2 is 2.19 bits per heavy atom. The Labute approximate surface area is 93.8 Å². The van der Waals surface area contributed by atoms with Crippen molar-refractivity contribution in [2.45, 2.75) is 32.4 Å². The van der Waals surface area contributed by atoms with Crippen molar-refractivity contribution in [1.82, 2.24) is 9.80 Å². The lowest BCUT2D eigenvalue weighted by molar-refractivity contribution is -0.144. The maximum absolute atomic E-state index is 11.8. The largest absolute Gasteiger partial charge is 0.480 e. The van der Waals surface area contributed by atoms with Gasteiger partial charge in [0.05, 0.1) is 12.5 Å². The van der Waals surface area contributed by atoms with Gasteiger partial charge in [-0.2, -0.15) is 0 Å². The van der Waals surface area contributed by atoms with Gasteiger partial charge in [0.1, 0.15) is 6.04 Å². The van der Waals surface area contributed by atoms with Crippen molar-refractivity contribution in [3.63, 3.8) is 0 Å². The van der Waals surface area contributed by atoms with Gasteiger partial charge in [0.15, 0.2) is 0 Å². The van der Waals surface area contributed by atoms with Crippen molar-refractivity contribution in [2.24, 2.45) is 0 Å². The summed E-state index contributed by atoms with van der Waals surface area (Å²) in [6.07, 6.45) is 0.0702. The smallest absolute Gasteiger partial charge is 0.320 e. The summed E-state index contributed by atoms with van der Waals surface area (Å²) in [4.78, 5) is 36.6. The molecular weight excluding hydrogens is 212 g/mol. The minimum atomic E-state index is -1.00. The first-order valence-electron chi connectivity index (χ1n) is 5.19. The summed E-state index contributed by atoms with van der Waals surface area (Å²) in [5.41, 5.74) is 0. The summed E-state index contributed by atoms with van der Waals surface area (Å²) in [6, 6.07) is -1.42. The molecule has 6 nitrogen and oxygen atoms in total. The number of carboxylic acid groups (broad SMARTS) is 1. The van der Waals surface area contributed by atoms with Crippen LogP contribution in [0.1, 0.15) is 20.3 Å². The maximum atomic E-state index is 11.8. The quantitative estimate of drug-likeness (QED) is 0.659. The van der Waals surface area contributed by atoms with Crippen LogP contribution in [0.5, 0.6) is 0 Å². The second-order valence-electron chi connectivity index (χ2n) is 3.88. The van der Waals surface area contributed by atoms with Crippen molar-refractivity contribution < 1.29 is 19.5 Å². The van der Waals surface area contributed by atoms with E-state index in [9.17, 15) is 14.4 Å². The molecule has 2 amide bonds. The summed E-state index contributed by atoms with van der Waals surface area (Å²) in [7, 11) is 1.55. The molecule has 2 unspecified atom stereocenters. The lowest BCUT2D eigenvalue weighted by Gasteiger charge is -2.25. The molecule has 90 valence electrons. The van der Waals surface area contributed by atoms with Gasteiger partial charge in [0.2, 0.25) is 11.8 Å². The number of rotatable bonds is 4. The van der Waals surface area contributed by atoms with E-state index in [1.165, 1.54) is 11.8 Å². The van der Waals surface area contributed by atoms with Gasteiger partial charge in [0, 0.05) is 6.54 Å². The molecule has 0 aromatic carbocycles. The number of likely N-dealkylation sites (N-methyl/N-ethyl adjacent to an activating group) is 2. The molecule has 0 aliphatic carbocycles. The fourth-order valence-corrected chi connectivity index (χ4v) is 1.76. The van der Waals surface area contributed by atoms with Crippen LogP contribution in [0.15, 0.2) is 0 Å². The number of nitrogens with zero attached hydrogens (tertiary/aromatic N) is 2. The van der Waals surface area contributed by atoms with E-state index in [0.29, 0.717) is 6.54 Å². The van der Waals surface area contributed by atoms with Crippen LogP contribution in [0.3, 0.4) is 0 Å². The monoisotopic (exact) mass is 228 g/mol. The zero-order valence-corrected chi connectivity index (χ0v) is 9.64. The van der Waals surface area contributed by atoms with Gasteiger partial charge < -0.3 is 5.11 Å². The number of aliphatic carboxylic acids is 1. The standard InChI is InChI=1S/C10H16N2O4/c1-4-12-8(13)5-7(9(12)14)11(3)6(2)10(15)16/h6-7H,4-5H2,1-3H3,(H,15,16). The Morgan fingerprint density at radius 3 is 2.56 bits per heavy atom. The Balaban J connectivity index is 2.80. The molecule has 1 rings (SSSR count). The predicted octanol–water partition coefficient (Wildman–Crippen LogP) is -0.461. The second kappa shape index (κ2) is 4.61. The van der Waals surface area contributed by atoms with E-state index in [1.54, 1.807) is 14.0 Å². The predicted molar refractivity (Wildman–Crippen MR) is 55.7 cm³/mol. The van der Waals surface area contributed by atoms with E-state index >= 15 is 0 Å². The van der Waals surface area contributed by atoms with E-state index in [1.807, 2.05) is 0 Å². The molecule has 1 aliphatic rings. The number of hydrogen-bond acceptors (Lipinski definition) is 4. The molecule has 0 bridgehead atoms. The number of hydrogen-bond donors (Lipinski definition) is 1. The van der Waals surface area contributed by atoms with Crippen molar-refractivity contribution in [3.05, 3.63) is 0 Å². The first kappa shape index (κ1) is 12.6. The number of imide groups is 1. The Hall–Kier alpha value is -1.43. The fourth-order valence-electron chi connectivity index (χ4n) is 1.76.